The maximum absolute atomic E-state index is 5.87. The normalized spacial score (nSPS) is 11.6. The molecule has 0 amide bonds. The molecule has 0 aliphatic carbocycles. The van der Waals surface area contributed by atoms with Gasteiger partial charge in [0.2, 0.25) is 0 Å². The molecule has 0 bridgehead atoms. The van der Waals surface area contributed by atoms with E-state index in [9.17, 15) is 0 Å². The summed E-state index contributed by atoms with van der Waals surface area (Å²) >= 11 is 0. The van der Waals surface area contributed by atoms with E-state index in [1.54, 1.807) is 0 Å². The SMILES string of the molecule is CC(C)(C)CC(C)(C)c1ccc(OCCOCC[N+](C)(C)Cc2ccccc2)cc1.Cl.N.[Cl-]. The number of quaternary nitrogens is 1. The Hall–Kier alpha value is -1.30. The summed E-state index contributed by atoms with van der Waals surface area (Å²) in [6, 6.07) is 19.2. The molecule has 33 heavy (non-hydrogen) atoms. The van der Waals surface area contributed by atoms with Crippen LogP contribution in [0, 0.1) is 5.41 Å². The van der Waals surface area contributed by atoms with Crippen LogP contribution in [-0.4, -0.2) is 44.9 Å². The van der Waals surface area contributed by atoms with Crippen molar-refractivity contribution in [1.29, 1.82) is 0 Å². The molecule has 0 spiro atoms. The lowest BCUT2D eigenvalue weighted by atomic mass is 9.72. The summed E-state index contributed by atoms with van der Waals surface area (Å²) in [4.78, 5) is 0. The minimum absolute atomic E-state index is 0. The van der Waals surface area contributed by atoms with Crippen LogP contribution in [0.2, 0.25) is 0 Å². The van der Waals surface area contributed by atoms with Gasteiger partial charge in [0.05, 0.1) is 27.3 Å². The van der Waals surface area contributed by atoms with Crippen molar-refractivity contribution in [2.45, 2.75) is 53.0 Å². The fraction of sp³-hybridized carbons (Fsp3) is 0.556. The van der Waals surface area contributed by atoms with Gasteiger partial charge < -0.3 is 32.5 Å². The van der Waals surface area contributed by atoms with Crippen molar-refractivity contribution >= 4 is 12.4 Å². The van der Waals surface area contributed by atoms with Gasteiger partial charge in [-0.3, -0.25) is 0 Å². The van der Waals surface area contributed by atoms with Gasteiger partial charge in [-0.05, 0) is 34.9 Å². The topological polar surface area (TPSA) is 53.5 Å². The van der Waals surface area contributed by atoms with E-state index in [1.807, 2.05) is 0 Å². The van der Waals surface area contributed by atoms with Gasteiger partial charge in [0.25, 0.3) is 0 Å². The highest BCUT2D eigenvalue weighted by Crippen LogP contribution is 2.36. The zero-order valence-corrected chi connectivity index (χ0v) is 23.3. The quantitative estimate of drug-likeness (QED) is 0.378. The highest BCUT2D eigenvalue weighted by atomic mass is 35.5. The summed E-state index contributed by atoms with van der Waals surface area (Å²) in [6.07, 6.45) is 1.15. The van der Waals surface area contributed by atoms with E-state index in [4.69, 9.17) is 9.47 Å². The van der Waals surface area contributed by atoms with Gasteiger partial charge in [0, 0.05) is 5.56 Å². The van der Waals surface area contributed by atoms with E-state index in [0.29, 0.717) is 18.6 Å². The van der Waals surface area contributed by atoms with Crippen molar-refractivity contribution in [2.75, 3.05) is 40.5 Å². The van der Waals surface area contributed by atoms with Crippen LogP contribution >= 0.6 is 12.4 Å². The Morgan fingerprint density at radius 3 is 1.91 bits per heavy atom. The second-order valence-electron chi connectivity index (χ2n) is 10.9. The van der Waals surface area contributed by atoms with E-state index in [0.717, 1.165) is 36.3 Å². The number of rotatable bonds is 11. The molecule has 0 radical (unpaired) electrons. The van der Waals surface area contributed by atoms with Crippen LogP contribution in [0.3, 0.4) is 0 Å². The Bertz CT molecular complexity index is 758. The fourth-order valence-corrected chi connectivity index (χ4v) is 4.22. The Balaban J connectivity index is 0. The zero-order valence-electron chi connectivity index (χ0n) is 21.7. The third-order valence-corrected chi connectivity index (χ3v) is 5.40. The third kappa shape index (κ3) is 13.2. The van der Waals surface area contributed by atoms with Crippen LogP contribution in [-0.2, 0) is 16.7 Å². The molecule has 3 N–H and O–H groups in total. The monoisotopic (exact) mass is 500 g/mol. The maximum Gasteiger partial charge on any atom is 0.119 e. The van der Waals surface area contributed by atoms with Gasteiger partial charge in [-0.15, -0.1) is 12.4 Å². The van der Waals surface area contributed by atoms with Crippen molar-refractivity contribution < 1.29 is 26.4 Å². The predicted molar refractivity (Wildman–Crippen MR) is 139 cm³/mol. The van der Waals surface area contributed by atoms with Gasteiger partial charge in [0.1, 0.15) is 25.4 Å². The lowest BCUT2D eigenvalue weighted by Crippen LogP contribution is -3.00. The molecule has 0 unspecified atom stereocenters. The Morgan fingerprint density at radius 2 is 1.36 bits per heavy atom. The first-order valence-electron chi connectivity index (χ1n) is 11.1. The van der Waals surface area contributed by atoms with E-state index in [2.05, 4.69) is 103 Å². The fourth-order valence-electron chi connectivity index (χ4n) is 4.22. The molecule has 0 aromatic heterocycles. The maximum atomic E-state index is 5.87. The first kappa shape index (κ1) is 33.9. The van der Waals surface area contributed by atoms with Crippen molar-refractivity contribution in [3.05, 3.63) is 65.7 Å². The summed E-state index contributed by atoms with van der Waals surface area (Å²) in [5, 5.41) is 0. The highest BCUT2D eigenvalue weighted by Gasteiger charge is 2.27. The average molecular weight is 502 g/mol. The number of likely N-dealkylation sites (N-methyl/N-ethyl adjacent to an activating group) is 1. The molecule has 0 fully saturated rings. The standard InChI is InChI=1S/C27H42NO2.2ClH.H3N/c1-26(2,3)22-27(4,5)24-13-15-25(16-14-24)30-20-19-29-18-17-28(6,7)21-23-11-9-8-10-12-23;;;/h8-16H,17-22H2,1-7H3;2*1H;1H3/q+1;;;/p-1. The lowest BCUT2D eigenvalue weighted by Gasteiger charge is -2.33. The molecule has 0 saturated heterocycles. The summed E-state index contributed by atoms with van der Waals surface area (Å²) < 4.78 is 12.6. The Labute approximate surface area is 215 Å². The molecule has 190 valence electrons. The molecular weight excluding hydrogens is 455 g/mol. The summed E-state index contributed by atoms with van der Waals surface area (Å²) in [5.41, 5.74) is 3.19. The summed E-state index contributed by atoms with van der Waals surface area (Å²) in [7, 11) is 4.49. The Morgan fingerprint density at radius 1 is 0.788 bits per heavy atom. The lowest BCUT2D eigenvalue weighted by molar-refractivity contribution is -0.904. The van der Waals surface area contributed by atoms with Crippen molar-refractivity contribution in [3.63, 3.8) is 0 Å². The van der Waals surface area contributed by atoms with Crippen LogP contribution in [0.25, 0.3) is 0 Å². The summed E-state index contributed by atoms with van der Waals surface area (Å²) in [5.74, 6) is 0.911. The van der Waals surface area contributed by atoms with Crippen molar-refractivity contribution in [2.24, 2.45) is 5.41 Å². The molecule has 6 heteroatoms. The number of benzene rings is 2. The van der Waals surface area contributed by atoms with Gasteiger partial charge in [0.15, 0.2) is 0 Å². The number of hydrogen-bond acceptors (Lipinski definition) is 3. The Kier molecular flexibility index (Phi) is 15.2. The molecule has 0 aliphatic heterocycles. The first-order valence-corrected chi connectivity index (χ1v) is 11.1. The first-order chi connectivity index (χ1) is 14.0. The largest absolute Gasteiger partial charge is 1.00 e. The number of hydrogen-bond donors (Lipinski definition) is 1. The number of nitrogens with zero attached hydrogens (tertiary/aromatic N) is 1. The third-order valence-electron chi connectivity index (χ3n) is 5.40. The molecular formula is C27H46Cl2N2O2. The van der Waals surface area contributed by atoms with Crippen LogP contribution in [0.5, 0.6) is 5.75 Å². The number of ether oxygens (including phenoxy) is 2. The molecule has 0 aliphatic rings. The molecule has 0 heterocycles. The van der Waals surface area contributed by atoms with E-state index < -0.39 is 0 Å². The average Bonchev–Trinajstić information content (AvgIpc) is 2.63. The second-order valence-corrected chi connectivity index (χ2v) is 10.9. The summed E-state index contributed by atoms with van der Waals surface area (Å²) in [6.45, 7) is 15.5. The van der Waals surface area contributed by atoms with E-state index >= 15 is 0 Å². The van der Waals surface area contributed by atoms with Gasteiger partial charge in [-0.2, -0.15) is 0 Å². The van der Waals surface area contributed by atoms with E-state index in [-0.39, 0.29) is 36.4 Å². The second kappa shape index (κ2) is 14.9. The smallest absolute Gasteiger partial charge is 0.119 e. The molecule has 4 nitrogen and oxygen atoms in total. The minimum atomic E-state index is 0. The van der Waals surface area contributed by atoms with Crippen LogP contribution in [0.4, 0.5) is 0 Å². The van der Waals surface area contributed by atoms with E-state index in [1.165, 1.54) is 11.1 Å². The molecule has 2 aromatic rings. The van der Waals surface area contributed by atoms with Crippen LogP contribution in [0.1, 0.15) is 52.2 Å². The minimum Gasteiger partial charge on any atom is -1.00 e. The molecule has 0 saturated carbocycles. The number of halogens is 2. The zero-order chi connectivity index (χ0) is 22.3. The molecule has 2 aromatic carbocycles. The molecule has 0 atom stereocenters. The van der Waals surface area contributed by atoms with Crippen LogP contribution < -0.4 is 23.3 Å². The van der Waals surface area contributed by atoms with Crippen LogP contribution in [0.15, 0.2) is 54.6 Å². The van der Waals surface area contributed by atoms with Crippen molar-refractivity contribution in [1.82, 2.24) is 6.15 Å². The predicted octanol–water partition coefficient (Wildman–Crippen LogP) is 3.66. The van der Waals surface area contributed by atoms with Gasteiger partial charge >= 0.3 is 0 Å². The molecule has 2 rings (SSSR count). The van der Waals surface area contributed by atoms with Gasteiger partial charge in [-0.25, -0.2) is 0 Å². The van der Waals surface area contributed by atoms with Crippen molar-refractivity contribution in [3.8, 4) is 5.75 Å². The highest BCUT2D eigenvalue weighted by molar-refractivity contribution is 5.85. The van der Waals surface area contributed by atoms with Gasteiger partial charge in [-0.1, -0.05) is 77.1 Å².